The van der Waals surface area contributed by atoms with Crippen LogP contribution < -0.4 is 10.1 Å². The van der Waals surface area contributed by atoms with Crippen LogP contribution in [0.1, 0.15) is 5.56 Å². The Bertz CT molecular complexity index is 503. The van der Waals surface area contributed by atoms with Gasteiger partial charge in [-0.3, -0.25) is 0 Å². The van der Waals surface area contributed by atoms with E-state index in [0.29, 0.717) is 17.4 Å². The third-order valence-electron chi connectivity index (χ3n) is 2.26. The van der Waals surface area contributed by atoms with Crippen molar-refractivity contribution in [2.45, 2.75) is 6.61 Å². The average Bonchev–Trinajstić information content (AvgIpc) is 2.39. The third-order valence-corrected chi connectivity index (χ3v) is 2.26. The fourth-order valence-corrected chi connectivity index (χ4v) is 1.38. The van der Waals surface area contributed by atoms with Crippen LogP contribution in [0.4, 0.5) is 5.82 Å². The zero-order valence-electron chi connectivity index (χ0n) is 9.42. The van der Waals surface area contributed by atoms with Crippen molar-refractivity contribution in [2.24, 2.45) is 0 Å². The van der Waals surface area contributed by atoms with Crippen LogP contribution in [0.5, 0.6) is 11.6 Å². The molecular formula is C12H13N3O2. The number of nitrogens with one attached hydrogen (secondary N) is 1. The molecule has 1 aromatic carbocycles. The summed E-state index contributed by atoms with van der Waals surface area (Å²) in [5, 5.41) is 12.1. The van der Waals surface area contributed by atoms with Gasteiger partial charge in [0.15, 0.2) is 0 Å². The lowest BCUT2D eigenvalue weighted by Gasteiger charge is -2.08. The molecule has 0 spiro atoms. The highest BCUT2D eigenvalue weighted by Crippen LogP contribution is 2.24. The third kappa shape index (κ3) is 2.70. The summed E-state index contributed by atoms with van der Waals surface area (Å²) in [5.74, 6) is 1.71. The first kappa shape index (κ1) is 11.3. The molecule has 0 saturated heterocycles. The second kappa shape index (κ2) is 5.27. The minimum atomic E-state index is -0.0693. The van der Waals surface area contributed by atoms with Crippen LogP contribution in [-0.2, 0) is 6.61 Å². The summed E-state index contributed by atoms with van der Waals surface area (Å²) in [6.45, 7) is -0.0693. The van der Waals surface area contributed by atoms with Crippen molar-refractivity contribution in [3.05, 3.63) is 42.2 Å². The van der Waals surface area contributed by atoms with Crippen molar-refractivity contribution in [3.63, 3.8) is 0 Å². The standard InChI is InChI=1S/C12H13N3O2/c1-13-11-6-12(15-8-14-11)17-10-5-3-2-4-9(10)7-16/h2-6,8,16H,7H2,1H3,(H,13,14,15). The molecule has 88 valence electrons. The molecule has 0 radical (unpaired) electrons. The fraction of sp³-hybridized carbons (Fsp3) is 0.167. The van der Waals surface area contributed by atoms with Crippen molar-refractivity contribution in [1.82, 2.24) is 9.97 Å². The highest BCUT2D eigenvalue weighted by Gasteiger charge is 2.04. The molecular weight excluding hydrogens is 218 g/mol. The minimum Gasteiger partial charge on any atom is -0.438 e. The molecule has 0 amide bonds. The molecule has 0 saturated carbocycles. The molecule has 2 N–H and O–H groups in total. The first-order valence-corrected chi connectivity index (χ1v) is 5.20. The fourth-order valence-electron chi connectivity index (χ4n) is 1.38. The number of ether oxygens (including phenoxy) is 1. The Hall–Kier alpha value is -2.14. The predicted octanol–water partition coefficient (Wildman–Crippen LogP) is 1.80. The first-order valence-electron chi connectivity index (χ1n) is 5.20. The lowest BCUT2D eigenvalue weighted by atomic mass is 10.2. The molecule has 1 heterocycles. The summed E-state index contributed by atoms with van der Waals surface area (Å²) in [5.41, 5.74) is 0.720. The van der Waals surface area contributed by atoms with E-state index in [2.05, 4.69) is 15.3 Å². The highest BCUT2D eigenvalue weighted by molar-refractivity contribution is 5.40. The maximum atomic E-state index is 9.17. The lowest BCUT2D eigenvalue weighted by Crippen LogP contribution is -1.96. The van der Waals surface area contributed by atoms with Gasteiger partial charge in [-0.05, 0) is 6.07 Å². The van der Waals surface area contributed by atoms with E-state index in [1.54, 1.807) is 25.2 Å². The normalized spacial score (nSPS) is 10.0. The zero-order chi connectivity index (χ0) is 12.1. The average molecular weight is 231 g/mol. The second-order valence-electron chi connectivity index (χ2n) is 3.36. The van der Waals surface area contributed by atoms with Crippen LogP contribution in [-0.4, -0.2) is 22.1 Å². The number of nitrogens with zero attached hydrogens (tertiary/aromatic N) is 2. The van der Waals surface area contributed by atoms with Gasteiger partial charge in [0.25, 0.3) is 0 Å². The van der Waals surface area contributed by atoms with Gasteiger partial charge in [0.1, 0.15) is 17.9 Å². The Morgan fingerprint density at radius 1 is 1.29 bits per heavy atom. The highest BCUT2D eigenvalue weighted by atomic mass is 16.5. The summed E-state index contributed by atoms with van der Waals surface area (Å²) in [6, 6.07) is 8.96. The number of rotatable bonds is 4. The number of aliphatic hydroxyl groups is 1. The largest absolute Gasteiger partial charge is 0.438 e. The van der Waals surface area contributed by atoms with E-state index in [9.17, 15) is 5.11 Å². The van der Waals surface area contributed by atoms with E-state index >= 15 is 0 Å². The number of anilines is 1. The molecule has 0 atom stereocenters. The Labute approximate surface area is 99.1 Å². The smallest absolute Gasteiger partial charge is 0.224 e. The van der Waals surface area contributed by atoms with Gasteiger partial charge in [0, 0.05) is 18.7 Å². The summed E-state index contributed by atoms with van der Waals surface area (Å²) < 4.78 is 5.59. The summed E-state index contributed by atoms with van der Waals surface area (Å²) in [6.07, 6.45) is 1.42. The van der Waals surface area contributed by atoms with E-state index in [1.807, 2.05) is 12.1 Å². The summed E-state index contributed by atoms with van der Waals surface area (Å²) in [4.78, 5) is 7.99. The van der Waals surface area contributed by atoms with Crippen LogP contribution in [0.3, 0.4) is 0 Å². The molecule has 0 bridgehead atoms. The molecule has 1 aromatic heterocycles. The Balaban J connectivity index is 2.24. The molecule has 0 fully saturated rings. The molecule has 5 heteroatoms. The van der Waals surface area contributed by atoms with Gasteiger partial charge in [0.2, 0.25) is 5.88 Å². The van der Waals surface area contributed by atoms with E-state index < -0.39 is 0 Å². The first-order chi connectivity index (χ1) is 8.33. The summed E-state index contributed by atoms with van der Waals surface area (Å²) in [7, 11) is 1.77. The molecule has 2 rings (SSSR count). The molecule has 2 aromatic rings. The minimum absolute atomic E-state index is 0.0693. The monoisotopic (exact) mass is 231 g/mol. The maximum absolute atomic E-state index is 9.17. The second-order valence-corrected chi connectivity index (χ2v) is 3.36. The van der Waals surface area contributed by atoms with Gasteiger partial charge in [0.05, 0.1) is 6.61 Å². The van der Waals surface area contributed by atoms with Crippen LogP contribution >= 0.6 is 0 Å². The predicted molar refractivity (Wildman–Crippen MR) is 64.0 cm³/mol. The molecule has 0 unspecified atom stereocenters. The van der Waals surface area contributed by atoms with Crippen LogP contribution in [0, 0.1) is 0 Å². The van der Waals surface area contributed by atoms with Gasteiger partial charge in [-0.15, -0.1) is 0 Å². The SMILES string of the molecule is CNc1cc(Oc2ccccc2CO)ncn1. The Kier molecular flexibility index (Phi) is 3.52. The van der Waals surface area contributed by atoms with Gasteiger partial charge >= 0.3 is 0 Å². The van der Waals surface area contributed by atoms with E-state index in [0.717, 1.165) is 5.56 Å². The van der Waals surface area contributed by atoms with E-state index in [1.165, 1.54) is 6.33 Å². The number of aliphatic hydroxyl groups excluding tert-OH is 1. The van der Waals surface area contributed by atoms with Crippen molar-refractivity contribution in [1.29, 1.82) is 0 Å². The molecule has 0 aliphatic heterocycles. The van der Waals surface area contributed by atoms with Crippen LogP contribution in [0.15, 0.2) is 36.7 Å². The van der Waals surface area contributed by atoms with Crippen LogP contribution in [0.25, 0.3) is 0 Å². The molecule has 0 aliphatic carbocycles. The van der Waals surface area contributed by atoms with Crippen LogP contribution in [0.2, 0.25) is 0 Å². The van der Waals surface area contributed by atoms with Crippen molar-refractivity contribution in [2.75, 3.05) is 12.4 Å². The van der Waals surface area contributed by atoms with Crippen molar-refractivity contribution >= 4 is 5.82 Å². The van der Waals surface area contributed by atoms with Crippen molar-refractivity contribution < 1.29 is 9.84 Å². The lowest BCUT2D eigenvalue weighted by molar-refractivity contribution is 0.276. The van der Waals surface area contributed by atoms with E-state index in [-0.39, 0.29) is 6.61 Å². The topological polar surface area (TPSA) is 67.3 Å². The number of hydrogen-bond acceptors (Lipinski definition) is 5. The quantitative estimate of drug-likeness (QED) is 0.839. The van der Waals surface area contributed by atoms with Gasteiger partial charge in [-0.1, -0.05) is 18.2 Å². The Morgan fingerprint density at radius 2 is 2.12 bits per heavy atom. The number of benzene rings is 1. The van der Waals surface area contributed by atoms with E-state index in [4.69, 9.17) is 4.74 Å². The van der Waals surface area contributed by atoms with Gasteiger partial charge < -0.3 is 15.2 Å². The maximum Gasteiger partial charge on any atom is 0.224 e. The zero-order valence-corrected chi connectivity index (χ0v) is 9.42. The Morgan fingerprint density at radius 3 is 2.88 bits per heavy atom. The number of aromatic nitrogens is 2. The number of para-hydroxylation sites is 1. The van der Waals surface area contributed by atoms with Gasteiger partial charge in [-0.2, -0.15) is 0 Å². The molecule has 5 nitrogen and oxygen atoms in total. The number of hydrogen-bond donors (Lipinski definition) is 2. The van der Waals surface area contributed by atoms with Crippen molar-refractivity contribution in [3.8, 4) is 11.6 Å². The molecule has 17 heavy (non-hydrogen) atoms. The molecule has 0 aliphatic rings. The summed E-state index contributed by atoms with van der Waals surface area (Å²) >= 11 is 0. The van der Waals surface area contributed by atoms with Gasteiger partial charge in [-0.25, -0.2) is 9.97 Å².